The predicted octanol–water partition coefficient (Wildman–Crippen LogP) is 1.78. The molecular formula is C19H39N5O. The molecule has 1 aliphatic rings. The molecule has 0 bridgehead atoms. The molecule has 1 unspecified atom stereocenters. The van der Waals surface area contributed by atoms with Crippen LogP contribution >= 0.6 is 0 Å². The van der Waals surface area contributed by atoms with Crippen LogP contribution in [0.25, 0.3) is 0 Å². The summed E-state index contributed by atoms with van der Waals surface area (Å²) in [7, 11) is 9.73. The molecule has 0 aromatic rings. The molecule has 1 rings (SSSR count). The van der Waals surface area contributed by atoms with E-state index in [2.05, 4.69) is 48.5 Å². The lowest BCUT2D eigenvalue weighted by Crippen LogP contribution is -2.51. The minimum atomic E-state index is -0.278. The van der Waals surface area contributed by atoms with Crippen molar-refractivity contribution in [2.45, 2.75) is 52.0 Å². The number of carbonyl (C=O) groups is 1. The fourth-order valence-electron chi connectivity index (χ4n) is 3.70. The predicted molar refractivity (Wildman–Crippen MR) is 106 cm³/mol. The molecule has 1 amide bonds. The van der Waals surface area contributed by atoms with Gasteiger partial charge in [0.05, 0.1) is 5.41 Å². The topological polar surface area (TPSA) is 60.0 Å². The Morgan fingerprint density at radius 1 is 1.12 bits per heavy atom. The van der Waals surface area contributed by atoms with Crippen LogP contribution in [0.15, 0.2) is 4.99 Å². The molecule has 6 nitrogen and oxygen atoms in total. The van der Waals surface area contributed by atoms with Crippen molar-refractivity contribution in [2.24, 2.45) is 16.3 Å². The van der Waals surface area contributed by atoms with Crippen LogP contribution in [0.1, 0.15) is 46.0 Å². The highest BCUT2D eigenvalue weighted by Crippen LogP contribution is 2.38. The van der Waals surface area contributed by atoms with Crippen LogP contribution in [0, 0.1) is 11.3 Å². The van der Waals surface area contributed by atoms with Crippen molar-refractivity contribution < 1.29 is 4.79 Å². The molecule has 146 valence electrons. The monoisotopic (exact) mass is 353 g/mol. The number of likely N-dealkylation sites (N-methyl/N-ethyl adjacent to an activating group) is 1. The second-order valence-electron chi connectivity index (χ2n) is 8.24. The zero-order chi connectivity index (χ0) is 19.0. The molecule has 0 spiro atoms. The Hall–Kier alpha value is -1.30. The van der Waals surface area contributed by atoms with E-state index in [4.69, 9.17) is 0 Å². The molecule has 25 heavy (non-hydrogen) atoms. The SMILES string of the molecule is CN=C(NCC(CC(C)C)N(C)C)NCC1(C(=O)N(C)C)CCCC1. The Morgan fingerprint density at radius 2 is 1.72 bits per heavy atom. The molecule has 0 aliphatic heterocycles. The Labute approximate surface area is 154 Å². The van der Waals surface area contributed by atoms with Crippen molar-refractivity contribution in [3.05, 3.63) is 0 Å². The first-order chi connectivity index (χ1) is 11.7. The van der Waals surface area contributed by atoms with E-state index in [0.717, 1.165) is 44.6 Å². The van der Waals surface area contributed by atoms with Crippen molar-refractivity contribution >= 4 is 11.9 Å². The molecular weight excluding hydrogens is 314 g/mol. The first-order valence-corrected chi connectivity index (χ1v) is 9.54. The van der Waals surface area contributed by atoms with E-state index >= 15 is 0 Å². The third-order valence-electron chi connectivity index (χ3n) is 5.22. The van der Waals surface area contributed by atoms with Crippen LogP contribution in [-0.2, 0) is 4.79 Å². The molecule has 0 aromatic carbocycles. The number of guanidine groups is 1. The maximum Gasteiger partial charge on any atom is 0.230 e. The molecule has 1 atom stereocenters. The normalized spacial score (nSPS) is 18.5. The summed E-state index contributed by atoms with van der Waals surface area (Å²) < 4.78 is 0. The molecule has 2 N–H and O–H groups in total. The summed E-state index contributed by atoms with van der Waals surface area (Å²) in [6.45, 7) is 6.00. The number of rotatable bonds is 8. The van der Waals surface area contributed by atoms with Crippen molar-refractivity contribution in [1.82, 2.24) is 20.4 Å². The zero-order valence-corrected chi connectivity index (χ0v) is 17.4. The van der Waals surface area contributed by atoms with Gasteiger partial charge in [0.15, 0.2) is 5.96 Å². The van der Waals surface area contributed by atoms with E-state index in [1.807, 2.05) is 14.1 Å². The second kappa shape index (κ2) is 10.00. The summed E-state index contributed by atoms with van der Waals surface area (Å²) >= 11 is 0. The van der Waals surface area contributed by atoms with Gasteiger partial charge in [-0.2, -0.15) is 0 Å². The van der Waals surface area contributed by atoms with Gasteiger partial charge >= 0.3 is 0 Å². The van der Waals surface area contributed by atoms with Crippen LogP contribution in [0.2, 0.25) is 0 Å². The van der Waals surface area contributed by atoms with Gasteiger partial charge in [0.1, 0.15) is 0 Å². The largest absolute Gasteiger partial charge is 0.355 e. The van der Waals surface area contributed by atoms with Gasteiger partial charge < -0.3 is 20.4 Å². The van der Waals surface area contributed by atoms with Crippen LogP contribution in [0.5, 0.6) is 0 Å². The summed E-state index contributed by atoms with van der Waals surface area (Å²) in [5.41, 5.74) is -0.278. The maximum atomic E-state index is 12.7. The molecule has 0 saturated heterocycles. The van der Waals surface area contributed by atoms with E-state index in [9.17, 15) is 4.79 Å². The number of hydrogen-bond acceptors (Lipinski definition) is 3. The molecule has 0 radical (unpaired) electrons. The molecule has 0 heterocycles. The number of carbonyl (C=O) groups excluding carboxylic acids is 1. The van der Waals surface area contributed by atoms with Crippen LogP contribution in [0.4, 0.5) is 0 Å². The highest BCUT2D eigenvalue weighted by molar-refractivity contribution is 5.85. The molecule has 1 saturated carbocycles. The van der Waals surface area contributed by atoms with Crippen LogP contribution < -0.4 is 10.6 Å². The minimum Gasteiger partial charge on any atom is -0.355 e. The lowest BCUT2D eigenvalue weighted by Gasteiger charge is -2.32. The highest BCUT2D eigenvalue weighted by Gasteiger charge is 2.42. The first kappa shape index (κ1) is 21.7. The number of nitrogens with zero attached hydrogens (tertiary/aromatic N) is 3. The third kappa shape index (κ3) is 6.49. The van der Waals surface area contributed by atoms with Crippen molar-refractivity contribution in [2.75, 3.05) is 48.3 Å². The van der Waals surface area contributed by atoms with E-state index in [1.165, 1.54) is 0 Å². The molecule has 0 aromatic heterocycles. The summed E-state index contributed by atoms with van der Waals surface area (Å²) in [5, 5.41) is 6.85. The Kier molecular flexibility index (Phi) is 8.69. The van der Waals surface area contributed by atoms with Gasteiger partial charge in [-0.25, -0.2) is 0 Å². The summed E-state index contributed by atoms with van der Waals surface area (Å²) in [6.07, 6.45) is 5.32. The van der Waals surface area contributed by atoms with Crippen LogP contribution in [0.3, 0.4) is 0 Å². The second-order valence-corrected chi connectivity index (χ2v) is 8.24. The van der Waals surface area contributed by atoms with E-state index in [-0.39, 0.29) is 11.3 Å². The zero-order valence-electron chi connectivity index (χ0n) is 17.4. The fraction of sp³-hybridized carbons (Fsp3) is 0.895. The highest BCUT2D eigenvalue weighted by atomic mass is 16.2. The fourth-order valence-corrected chi connectivity index (χ4v) is 3.70. The van der Waals surface area contributed by atoms with E-state index < -0.39 is 0 Å². The number of hydrogen-bond donors (Lipinski definition) is 2. The number of nitrogens with one attached hydrogen (secondary N) is 2. The smallest absolute Gasteiger partial charge is 0.230 e. The quantitative estimate of drug-likeness (QED) is 0.516. The van der Waals surface area contributed by atoms with Gasteiger partial charge in [0, 0.05) is 40.3 Å². The molecule has 6 heteroatoms. The lowest BCUT2D eigenvalue weighted by molar-refractivity contribution is -0.138. The lowest BCUT2D eigenvalue weighted by atomic mass is 9.84. The van der Waals surface area contributed by atoms with Gasteiger partial charge in [0.25, 0.3) is 0 Å². The van der Waals surface area contributed by atoms with Gasteiger partial charge in [0.2, 0.25) is 5.91 Å². The minimum absolute atomic E-state index is 0.235. The Bertz CT molecular complexity index is 439. The van der Waals surface area contributed by atoms with Crippen molar-refractivity contribution in [1.29, 1.82) is 0 Å². The average Bonchev–Trinajstić information content (AvgIpc) is 3.02. The number of aliphatic imine (C=N–C) groups is 1. The van der Waals surface area contributed by atoms with Crippen molar-refractivity contribution in [3.63, 3.8) is 0 Å². The summed E-state index contributed by atoms with van der Waals surface area (Å²) in [4.78, 5) is 21.0. The maximum absolute atomic E-state index is 12.7. The van der Waals surface area contributed by atoms with E-state index in [0.29, 0.717) is 18.5 Å². The Morgan fingerprint density at radius 3 is 2.16 bits per heavy atom. The first-order valence-electron chi connectivity index (χ1n) is 9.54. The summed E-state index contributed by atoms with van der Waals surface area (Å²) in [6, 6.07) is 0.461. The summed E-state index contributed by atoms with van der Waals surface area (Å²) in [5.74, 6) is 1.68. The third-order valence-corrected chi connectivity index (χ3v) is 5.22. The Balaban J connectivity index is 2.62. The van der Waals surface area contributed by atoms with Gasteiger partial charge in [-0.15, -0.1) is 0 Å². The standard InChI is InChI=1S/C19H39N5O/c1-15(2)12-16(23(4)5)13-21-18(20-3)22-14-19(10-8-9-11-19)17(25)24(6)7/h15-16H,8-14H2,1-7H3,(H2,20,21,22). The van der Waals surface area contributed by atoms with Gasteiger partial charge in [-0.3, -0.25) is 9.79 Å². The van der Waals surface area contributed by atoms with Gasteiger partial charge in [-0.05, 0) is 39.3 Å². The molecule has 1 fully saturated rings. The number of amides is 1. The van der Waals surface area contributed by atoms with Gasteiger partial charge in [-0.1, -0.05) is 26.7 Å². The van der Waals surface area contributed by atoms with E-state index in [1.54, 1.807) is 11.9 Å². The molecule has 1 aliphatic carbocycles. The van der Waals surface area contributed by atoms with Crippen LogP contribution in [-0.4, -0.2) is 76.0 Å². The van der Waals surface area contributed by atoms with Crippen molar-refractivity contribution in [3.8, 4) is 0 Å². The average molecular weight is 354 g/mol.